The maximum atomic E-state index is 12.6. The van der Waals surface area contributed by atoms with Gasteiger partial charge in [-0.1, -0.05) is 5.16 Å². The van der Waals surface area contributed by atoms with Gasteiger partial charge in [-0.2, -0.15) is 4.98 Å². The maximum absolute atomic E-state index is 12.6. The van der Waals surface area contributed by atoms with Gasteiger partial charge in [-0.05, 0) is 19.3 Å². The third-order valence-electron chi connectivity index (χ3n) is 5.72. The highest BCUT2D eigenvalue weighted by Gasteiger charge is 2.54. The zero-order chi connectivity index (χ0) is 17.4. The molecular formula is C17H24N4O4. The van der Waals surface area contributed by atoms with E-state index in [1.54, 1.807) is 11.9 Å². The Hall–Kier alpha value is -1.96. The number of hydrogen-bond donors (Lipinski definition) is 1. The summed E-state index contributed by atoms with van der Waals surface area (Å²) < 4.78 is 10.8. The van der Waals surface area contributed by atoms with E-state index < -0.39 is 5.41 Å². The Morgan fingerprint density at radius 2 is 2.24 bits per heavy atom. The highest BCUT2D eigenvalue weighted by atomic mass is 16.5. The van der Waals surface area contributed by atoms with Gasteiger partial charge in [0.2, 0.25) is 17.7 Å². The fraction of sp³-hybridized carbons (Fsp3) is 0.765. The Labute approximate surface area is 146 Å². The summed E-state index contributed by atoms with van der Waals surface area (Å²) in [5.74, 6) is 1.85. The topological polar surface area (TPSA) is 97.6 Å². The average molecular weight is 348 g/mol. The molecule has 3 heterocycles. The van der Waals surface area contributed by atoms with Crippen LogP contribution in [0.5, 0.6) is 0 Å². The van der Waals surface area contributed by atoms with E-state index in [9.17, 15) is 9.59 Å². The number of hydrogen-bond acceptors (Lipinski definition) is 6. The van der Waals surface area contributed by atoms with Crippen molar-refractivity contribution in [1.29, 1.82) is 0 Å². The Bertz CT molecular complexity index is 671. The van der Waals surface area contributed by atoms with E-state index in [1.807, 2.05) is 0 Å². The molecule has 3 aliphatic rings. The minimum Gasteiger partial charge on any atom is -0.381 e. The van der Waals surface area contributed by atoms with E-state index in [0.717, 1.165) is 18.7 Å². The summed E-state index contributed by atoms with van der Waals surface area (Å²) in [6.07, 6.45) is 3.68. The number of carbonyl (C=O) groups is 2. The van der Waals surface area contributed by atoms with Crippen molar-refractivity contribution in [1.82, 2.24) is 20.4 Å². The number of aryl methyl sites for hydroxylation is 1. The lowest BCUT2D eigenvalue weighted by atomic mass is 9.73. The molecule has 3 fully saturated rings. The smallest absolute Gasteiger partial charge is 0.228 e. The van der Waals surface area contributed by atoms with Gasteiger partial charge < -0.3 is 19.5 Å². The molecular weight excluding hydrogens is 324 g/mol. The molecule has 1 aromatic rings. The summed E-state index contributed by atoms with van der Waals surface area (Å²) in [4.78, 5) is 31.2. The summed E-state index contributed by atoms with van der Waals surface area (Å²) in [6, 6.07) is 0. The molecule has 2 aliphatic heterocycles. The number of aromatic nitrogens is 2. The van der Waals surface area contributed by atoms with Gasteiger partial charge in [-0.15, -0.1) is 0 Å². The number of nitrogens with zero attached hydrogens (tertiary/aromatic N) is 3. The van der Waals surface area contributed by atoms with Crippen LogP contribution in [0.4, 0.5) is 0 Å². The molecule has 0 aromatic carbocycles. The summed E-state index contributed by atoms with van der Waals surface area (Å²) >= 11 is 0. The zero-order valence-corrected chi connectivity index (χ0v) is 14.5. The first kappa shape index (κ1) is 16.5. The van der Waals surface area contributed by atoms with Gasteiger partial charge in [0.1, 0.15) is 0 Å². The lowest BCUT2D eigenvalue weighted by molar-refractivity contribution is -0.139. The summed E-state index contributed by atoms with van der Waals surface area (Å²) in [5, 5.41) is 6.75. The SMILES string of the molecule is CNC(=O)[C@]12CCOC[C@H]1CN(C(=O)CCc1nc(C3CC3)no1)C2. The monoisotopic (exact) mass is 348 g/mol. The van der Waals surface area contributed by atoms with Crippen LogP contribution in [0.2, 0.25) is 0 Å². The predicted octanol–water partition coefficient (Wildman–Crippen LogP) is 0.491. The number of rotatable bonds is 5. The molecule has 8 nitrogen and oxygen atoms in total. The average Bonchev–Trinajstić information content (AvgIpc) is 3.24. The van der Waals surface area contributed by atoms with Crippen molar-refractivity contribution in [2.45, 2.75) is 38.0 Å². The largest absolute Gasteiger partial charge is 0.381 e. The van der Waals surface area contributed by atoms with Gasteiger partial charge in [-0.3, -0.25) is 9.59 Å². The van der Waals surface area contributed by atoms with Crippen molar-refractivity contribution in [3.8, 4) is 0 Å². The van der Waals surface area contributed by atoms with E-state index in [0.29, 0.717) is 57.4 Å². The molecule has 8 heteroatoms. The van der Waals surface area contributed by atoms with Crippen molar-refractivity contribution in [2.75, 3.05) is 33.4 Å². The predicted molar refractivity (Wildman–Crippen MR) is 86.6 cm³/mol. The van der Waals surface area contributed by atoms with Crippen LogP contribution in [-0.2, 0) is 20.7 Å². The summed E-state index contributed by atoms with van der Waals surface area (Å²) in [7, 11) is 1.65. The van der Waals surface area contributed by atoms with Gasteiger partial charge in [0, 0.05) is 51.4 Å². The standard InChI is InChI=1S/C17H24N4O4/c1-18-16(23)17-6-7-24-9-12(17)8-21(10-17)14(22)5-4-13-19-15(20-25-13)11-2-3-11/h11-12H,2-10H2,1H3,(H,18,23)/t12-,17+/m1/s1. The van der Waals surface area contributed by atoms with E-state index in [4.69, 9.17) is 9.26 Å². The second kappa shape index (κ2) is 6.40. The van der Waals surface area contributed by atoms with Crippen LogP contribution in [0.25, 0.3) is 0 Å². The molecule has 2 amide bonds. The zero-order valence-electron chi connectivity index (χ0n) is 14.5. The molecule has 0 spiro atoms. The van der Waals surface area contributed by atoms with Crippen molar-refractivity contribution < 1.29 is 18.8 Å². The van der Waals surface area contributed by atoms with Crippen LogP contribution in [-0.4, -0.2) is 60.2 Å². The normalized spacial score (nSPS) is 28.7. The van der Waals surface area contributed by atoms with Crippen LogP contribution in [0.1, 0.15) is 43.3 Å². The molecule has 0 unspecified atom stereocenters. The number of fused-ring (bicyclic) bond motifs is 1. The lowest BCUT2D eigenvalue weighted by Gasteiger charge is -2.36. The first-order valence-corrected chi connectivity index (χ1v) is 9.02. The second-order valence-electron chi connectivity index (χ2n) is 7.35. The number of nitrogens with one attached hydrogen (secondary N) is 1. The first-order chi connectivity index (χ1) is 12.1. The van der Waals surface area contributed by atoms with Crippen molar-refractivity contribution in [3.05, 3.63) is 11.7 Å². The number of ether oxygens (including phenoxy) is 1. The molecule has 1 N–H and O–H groups in total. The van der Waals surface area contributed by atoms with E-state index in [2.05, 4.69) is 15.5 Å². The van der Waals surface area contributed by atoms with Crippen LogP contribution in [0, 0.1) is 11.3 Å². The van der Waals surface area contributed by atoms with Gasteiger partial charge >= 0.3 is 0 Å². The molecule has 2 saturated heterocycles. The van der Waals surface area contributed by atoms with E-state index in [-0.39, 0.29) is 17.7 Å². The quantitative estimate of drug-likeness (QED) is 0.832. The van der Waals surface area contributed by atoms with Crippen LogP contribution < -0.4 is 5.32 Å². The fourth-order valence-electron chi connectivity index (χ4n) is 4.01. The van der Waals surface area contributed by atoms with Gasteiger partial charge in [0.25, 0.3) is 0 Å². The number of carbonyl (C=O) groups excluding carboxylic acids is 2. The van der Waals surface area contributed by atoms with Crippen molar-refractivity contribution >= 4 is 11.8 Å². The van der Waals surface area contributed by atoms with Crippen LogP contribution in [0.15, 0.2) is 4.52 Å². The van der Waals surface area contributed by atoms with E-state index >= 15 is 0 Å². The van der Waals surface area contributed by atoms with E-state index in [1.165, 1.54) is 0 Å². The third-order valence-corrected chi connectivity index (χ3v) is 5.72. The van der Waals surface area contributed by atoms with Crippen LogP contribution in [0.3, 0.4) is 0 Å². The molecule has 1 aromatic heterocycles. The third kappa shape index (κ3) is 3.03. The molecule has 4 rings (SSSR count). The summed E-state index contributed by atoms with van der Waals surface area (Å²) in [6.45, 7) is 2.14. The van der Waals surface area contributed by atoms with Crippen molar-refractivity contribution in [2.24, 2.45) is 11.3 Å². The molecule has 1 saturated carbocycles. The van der Waals surface area contributed by atoms with Gasteiger partial charge in [-0.25, -0.2) is 0 Å². The molecule has 25 heavy (non-hydrogen) atoms. The fourth-order valence-corrected chi connectivity index (χ4v) is 4.01. The Balaban J connectivity index is 1.37. The van der Waals surface area contributed by atoms with Crippen LogP contribution >= 0.6 is 0 Å². The second-order valence-corrected chi connectivity index (χ2v) is 7.35. The van der Waals surface area contributed by atoms with Gasteiger partial charge in [0.05, 0.1) is 12.0 Å². The molecule has 136 valence electrons. The minimum absolute atomic E-state index is 0.0158. The van der Waals surface area contributed by atoms with Gasteiger partial charge in [0.15, 0.2) is 5.82 Å². The Morgan fingerprint density at radius 1 is 1.40 bits per heavy atom. The Kier molecular flexibility index (Phi) is 4.23. The minimum atomic E-state index is -0.508. The number of likely N-dealkylation sites (tertiary alicyclic amines) is 1. The van der Waals surface area contributed by atoms with Crippen molar-refractivity contribution in [3.63, 3.8) is 0 Å². The molecule has 2 atom stereocenters. The molecule has 0 bridgehead atoms. The Morgan fingerprint density at radius 3 is 3.00 bits per heavy atom. The highest BCUT2D eigenvalue weighted by molar-refractivity contribution is 5.85. The summed E-state index contributed by atoms with van der Waals surface area (Å²) in [5.41, 5.74) is -0.508. The number of amides is 2. The molecule has 1 aliphatic carbocycles. The lowest BCUT2D eigenvalue weighted by Crippen LogP contribution is -2.49. The maximum Gasteiger partial charge on any atom is 0.228 e. The highest BCUT2D eigenvalue weighted by Crippen LogP contribution is 2.42. The molecule has 0 radical (unpaired) electrons. The first-order valence-electron chi connectivity index (χ1n) is 9.02.